The van der Waals surface area contributed by atoms with Gasteiger partial charge in [0.2, 0.25) is 0 Å². The van der Waals surface area contributed by atoms with Crippen molar-refractivity contribution in [3.63, 3.8) is 0 Å². The summed E-state index contributed by atoms with van der Waals surface area (Å²) in [7, 11) is 0. The minimum absolute atomic E-state index is 0.272. The standard InChI is InChI=1S/C18H22ClO3PS/c1-13-5-7-15(3)17(11-13)21-23(24,20-10-9-19)22-18-12-14(2)6-8-16(18)4/h5-8,11-12H,9-10H2,1-4H3. The van der Waals surface area contributed by atoms with Crippen molar-refractivity contribution in [1.29, 1.82) is 0 Å². The third-order valence-corrected chi connectivity index (χ3v) is 5.69. The Bertz CT molecular complexity index is 706. The van der Waals surface area contributed by atoms with E-state index in [1.165, 1.54) is 0 Å². The molecule has 0 saturated heterocycles. The van der Waals surface area contributed by atoms with Crippen molar-refractivity contribution in [2.24, 2.45) is 0 Å². The van der Waals surface area contributed by atoms with Crippen LogP contribution in [0.25, 0.3) is 0 Å². The Morgan fingerprint density at radius 3 is 1.75 bits per heavy atom. The van der Waals surface area contributed by atoms with E-state index in [9.17, 15) is 0 Å². The molecule has 0 radical (unpaired) electrons. The molecule has 0 atom stereocenters. The Morgan fingerprint density at radius 2 is 1.33 bits per heavy atom. The molecule has 2 rings (SSSR count). The van der Waals surface area contributed by atoms with Gasteiger partial charge in [-0.05, 0) is 62.1 Å². The van der Waals surface area contributed by atoms with E-state index >= 15 is 0 Å². The quantitative estimate of drug-likeness (QED) is 0.441. The van der Waals surface area contributed by atoms with E-state index in [-0.39, 0.29) is 6.61 Å². The summed E-state index contributed by atoms with van der Waals surface area (Å²) in [6, 6.07) is 11.9. The smallest absolute Gasteiger partial charge is 0.415 e. The fourth-order valence-corrected chi connectivity index (χ4v) is 4.29. The third kappa shape index (κ3) is 5.22. The van der Waals surface area contributed by atoms with Crippen molar-refractivity contribution in [3.05, 3.63) is 58.7 Å². The molecule has 24 heavy (non-hydrogen) atoms. The van der Waals surface area contributed by atoms with E-state index in [1.54, 1.807) is 0 Å². The molecule has 0 unspecified atom stereocenters. The van der Waals surface area contributed by atoms with Gasteiger partial charge < -0.3 is 9.05 Å². The highest BCUT2D eigenvalue weighted by atomic mass is 35.5. The van der Waals surface area contributed by atoms with Crippen molar-refractivity contribution in [1.82, 2.24) is 0 Å². The molecule has 130 valence electrons. The first kappa shape index (κ1) is 19.3. The fourth-order valence-electron chi connectivity index (χ4n) is 2.07. The monoisotopic (exact) mass is 384 g/mol. The Morgan fingerprint density at radius 1 is 0.875 bits per heavy atom. The molecule has 0 aliphatic rings. The Balaban J connectivity index is 2.33. The summed E-state index contributed by atoms with van der Waals surface area (Å²) in [5.74, 6) is 1.68. The molecule has 0 heterocycles. The van der Waals surface area contributed by atoms with Gasteiger partial charge in [-0.2, -0.15) is 0 Å². The van der Waals surface area contributed by atoms with Crippen molar-refractivity contribution in [2.75, 3.05) is 12.5 Å². The molecular weight excluding hydrogens is 363 g/mol. The Labute approximate surface area is 154 Å². The van der Waals surface area contributed by atoms with E-state index in [0.29, 0.717) is 17.4 Å². The maximum Gasteiger partial charge on any atom is 0.435 e. The first-order valence-corrected chi connectivity index (χ1v) is 10.8. The predicted octanol–water partition coefficient (Wildman–Crippen LogP) is 5.86. The summed E-state index contributed by atoms with van der Waals surface area (Å²) in [6.07, 6.45) is 0. The van der Waals surface area contributed by atoms with Crippen LogP contribution in [0.3, 0.4) is 0 Å². The molecule has 6 heteroatoms. The second kappa shape index (κ2) is 8.35. The molecule has 0 amide bonds. The molecule has 0 N–H and O–H groups in total. The highest BCUT2D eigenvalue weighted by Gasteiger charge is 2.26. The summed E-state index contributed by atoms with van der Waals surface area (Å²) >= 11 is 11.4. The second-order valence-electron chi connectivity index (χ2n) is 5.69. The predicted molar refractivity (Wildman–Crippen MR) is 104 cm³/mol. The average molecular weight is 385 g/mol. The van der Waals surface area contributed by atoms with Crippen LogP contribution in [0.15, 0.2) is 36.4 Å². The van der Waals surface area contributed by atoms with Crippen LogP contribution in [0.5, 0.6) is 11.5 Å². The largest absolute Gasteiger partial charge is 0.435 e. The molecule has 3 nitrogen and oxygen atoms in total. The molecule has 0 saturated carbocycles. The second-order valence-corrected chi connectivity index (χ2v) is 8.93. The number of hydrogen-bond donors (Lipinski definition) is 0. The van der Waals surface area contributed by atoms with Crippen LogP contribution in [0, 0.1) is 27.7 Å². The van der Waals surface area contributed by atoms with Gasteiger partial charge in [-0.25, -0.2) is 0 Å². The molecular formula is C18H22ClO3PS. The number of alkyl halides is 1. The highest BCUT2D eigenvalue weighted by molar-refractivity contribution is 8.07. The van der Waals surface area contributed by atoms with Crippen molar-refractivity contribution in [3.8, 4) is 11.5 Å². The first-order chi connectivity index (χ1) is 11.3. The molecule has 0 fully saturated rings. The van der Waals surface area contributed by atoms with Crippen LogP contribution in [0.1, 0.15) is 22.3 Å². The highest BCUT2D eigenvalue weighted by Crippen LogP contribution is 2.51. The van der Waals surface area contributed by atoms with Gasteiger partial charge >= 0.3 is 6.72 Å². The van der Waals surface area contributed by atoms with Gasteiger partial charge in [-0.15, -0.1) is 11.6 Å². The lowest BCUT2D eigenvalue weighted by atomic mass is 10.1. The van der Waals surface area contributed by atoms with Crippen molar-refractivity contribution < 1.29 is 13.6 Å². The van der Waals surface area contributed by atoms with Crippen LogP contribution in [0.2, 0.25) is 0 Å². The minimum Gasteiger partial charge on any atom is -0.415 e. The van der Waals surface area contributed by atoms with Gasteiger partial charge in [0.25, 0.3) is 0 Å². The molecule has 0 bridgehead atoms. The summed E-state index contributed by atoms with van der Waals surface area (Å²) in [4.78, 5) is 0. The molecule has 0 spiro atoms. The van der Waals surface area contributed by atoms with Crippen LogP contribution < -0.4 is 9.05 Å². The van der Waals surface area contributed by atoms with Crippen molar-refractivity contribution >= 4 is 30.1 Å². The van der Waals surface area contributed by atoms with Crippen molar-refractivity contribution in [2.45, 2.75) is 27.7 Å². The number of halogens is 1. The molecule has 0 aliphatic carbocycles. The van der Waals surface area contributed by atoms with Gasteiger partial charge in [0.1, 0.15) is 11.5 Å². The normalized spacial score (nSPS) is 11.4. The Kier molecular flexibility index (Phi) is 6.70. The molecule has 0 aromatic heterocycles. The van der Waals surface area contributed by atoms with E-state index in [4.69, 9.17) is 37.0 Å². The maximum absolute atomic E-state index is 6.04. The SMILES string of the molecule is Cc1ccc(C)c(OP(=S)(OCCCl)Oc2cc(C)ccc2C)c1. The minimum atomic E-state index is -3.02. The van der Waals surface area contributed by atoms with E-state index in [0.717, 1.165) is 22.3 Å². The van der Waals surface area contributed by atoms with Gasteiger partial charge in [0.05, 0.1) is 6.61 Å². The third-order valence-electron chi connectivity index (χ3n) is 3.43. The van der Waals surface area contributed by atoms with Crippen LogP contribution in [-0.4, -0.2) is 12.5 Å². The topological polar surface area (TPSA) is 27.7 Å². The fraction of sp³-hybridized carbons (Fsp3) is 0.333. The van der Waals surface area contributed by atoms with E-state index in [2.05, 4.69) is 0 Å². The molecule has 2 aromatic carbocycles. The maximum atomic E-state index is 6.04. The van der Waals surface area contributed by atoms with Crippen LogP contribution in [-0.2, 0) is 16.3 Å². The molecule has 2 aromatic rings. The lowest BCUT2D eigenvalue weighted by Crippen LogP contribution is -2.08. The van der Waals surface area contributed by atoms with Gasteiger partial charge in [-0.3, -0.25) is 4.52 Å². The lowest BCUT2D eigenvalue weighted by molar-refractivity contribution is 0.277. The van der Waals surface area contributed by atoms with E-state index < -0.39 is 6.72 Å². The number of hydrogen-bond acceptors (Lipinski definition) is 4. The number of aryl methyl sites for hydroxylation is 4. The zero-order valence-corrected chi connectivity index (χ0v) is 16.8. The van der Waals surface area contributed by atoms with Crippen LogP contribution in [0.4, 0.5) is 0 Å². The average Bonchev–Trinajstić information content (AvgIpc) is 2.52. The zero-order chi connectivity index (χ0) is 17.7. The molecule has 0 aliphatic heterocycles. The lowest BCUT2D eigenvalue weighted by Gasteiger charge is -2.24. The Hall–Kier alpha value is -1.06. The summed E-state index contributed by atoms with van der Waals surface area (Å²) in [6.45, 7) is 5.18. The zero-order valence-electron chi connectivity index (χ0n) is 14.3. The van der Waals surface area contributed by atoms with Gasteiger partial charge in [-0.1, -0.05) is 24.3 Å². The van der Waals surface area contributed by atoms with E-state index in [1.807, 2.05) is 64.1 Å². The van der Waals surface area contributed by atoms with Gasteiger partial charge in [0, 0.05) is 17.7 Å². The number of rotatable bonds is 7. The van der Waals surface area contributed by atoms with Gasteiger partial charge in [0.15, 0.2) is 0 Å². The first-order valence-electron chi connectivity index (χ1n) is 7.67. The summed E-state index contributed by atoms with van der Waals surface area (Å²) in [5, 5.41) is 0. The summed E-state index contributed by atoms with van der Waals surface area (Å²) in [5.41, 5.74) is 4.13. The number of benzene rings is 2. The van der Waals surface area contributed by atoms with Crippen LogP contribution >= 0.6 is 18.3 Å². The summed E-state index contributed by atoms with van der Waals surface area (Å²) < 4.78 is 17.8.